The molecule has 1 amide bonds. The number of carbonyl (C=O) groups is 2. The number of hydrogen-bond donors (Lipinski definition) is 2. The van der Waals surface area contributed by atoms with Crippen LogP contribution in [0, 0.1) is 6.92 Å². The maximum absolute atomic E-state index is 12.6. The summed E-state index contributed by atoms with van der Waals surface area (Å²) in [6.07, 6.45) is 1.49. The molecule has 28 heavy (non-hydrogen) atoms. The standard InChI is InChI=1S/C20H19N5O3/c1-14-8-10-15(11-9-14)12-22-25-20(28)18(19(27)21-2)24(23-25)13-17(26)16-6-4-3-5-7-16/h3-12H,13H2,1-2H3,(H-,21,23,27,28)/p+1/b22-12-. The van der Waals surface area contributed by atoms with Gasteiger partial charge in [0.05, 0.1) is 6.21 Å². The van der Waals surface area contributed by atoms with Gasteiger partial charge in [0, 0.05) is 17.4 Å². The van der Waals surface area contributed by atoms with Crippen LogP contribution in [0.3, 0.4) is 0 Å². The zero-order chi connectivity index (χ0) is 20.1. The number of nitrogens with one attached hydrogen (secondary N) is 2. The molecule has 1 heterocycles. The number of aromatic nitrogens is 3. The van der Waals surface area contributed by atoms with Gasteiger partial charge in [0.2, 0.25) is 5.78 Å². The van der Waals surface area contributed by atoms with Crippen LogP contribution in [0.2, 0.25) is 0 Å². The molecule has 0 aliphatic heterocycles. The topological polar surface area (TPSA) is 100 Å². The number of carbonyl (C=O) groups excluding carboxylic acids is 2. The summed E-state index contributed by atoms with van der Waals surface area (Å²) in [5.41, 5.74) is 1.53. The van der Waals surface area contributed by atoms with Crippen LogP contribution in [0.15, 0.2) is 64.5 Å². The van der Waals surface area contributed by atoms with E-state index < -0.39 is 11.5 Å². The lowest BCUT2D eigenvalue weighted by Gasteiger charge is -1.99. The number of ketones is 1. The van der Waals surface area contributed by atoms with E-state index in [0.29, 0.717) is 5.56 Å². The Morgan fingerprint density at radius 2 is 1.82 bits per heavy atom. The van der Waals surface area contributed by atoms with Crippen LogP contribution in [0.1, 0.15) is 32.0 Å². The van der Waals surface area contributed by atoms with Crippen LogP contribution < -0.4 is 15.6 Å². The monoisotopic (exact) mass is 378 g/mol. The van der Waals surface area contributed by atoms with Crippen molar-refractivity contribution < 1.29 is 14.3 Å². The number of nitrogens with zero attached hydrogens (tertiary/aromatic N) is 3. The molecule has 3 rings (SSSR count). The highest BCUT2D eigenvalue weighted by Crippen LogP contribution is 2.01. The molecule has 0 radical (unpaired) electrons. The lowest BCUT2D eigenvalue weighted by Crippen LogP contribution is -2.48. The summed E-state index contributed by atoms with van der Waals surface area (Å²) in [4.78, 5) is 38.2. The predicted molar refractivity (Wildman–Crippen MR) is 104 cm³/mol. The first-order chi connectivity index (χ1) is 13.5. The molecule has 0 aliphatic carbocycles. The van der Waals surface area contributed by atoms with Crippen molar-refractivity contribution in [1.29, 1.82) is 0 Å². The second-order valence-electron chi connectivity index (χ2n) is 6.18. The Hall–Kier alpha value is -3.81. The number of amides is 1. The number of aryl methyl sites for hydroxylation is 1. The predicted octanol–water partition coefficient (Wildman–Crippen LogP) is 0.897. The van der Waals surface area contributed by atoms with E-state index >= 15 is 0 Å². The largest absolute Gasteiger partial charge is 0.432 e. The summed E-state index contributed by atoms with van der Waals surface area (Å²) in [7, 11) is 1.41. The summed E-state index contributed by atoms with van der Waals surface area (Å²) in [6.45, 7) is 1.77. The van der Waals surface area contributed by atoms with Gasteiger partial charge in [0.1, 0.15) is 0 Å². The molecule has 3 aromatic rings. The minimum atomic E-state index is -0.649. The van der Waals surface area contributed by atoms with Gasteiger partial charge in [-0.05, 0) is 12.5 Å². The van der Waals surface area contributed by atoms with Crippen LogP contribution in [0.4, 0.5) is 0 Å². The molecule has 0 atom stereocenters. The van der Waals surface area contributed by atoms with Gasteiger partial charge in [-0.3, -0.25) is 9.59 Å². The molecule has 8 heteroatoms. The van der Waals surface area contributed by atoms with Crippen molar-refractivity contribution in [3.8, 4) is 0 Å². The quantitative estimate of drug-likeness (QED) is 0.379. The minimum Gasteiger partial charge on any atom is -0.352 e. The molecule has 0 saturated heterocycles. The van der Waals surface area contributed by atoms with Gasteiger partial charge in [0.15, 0.2) is 6.54 Å². The van der Waals surface area contributed by atoms with Gasteiger partial charge in [-0.15, -0.1) is 4.68 Å². The molecule has 0 bridgehead atoms. The molecule has 2 N–H and O–H groups in total. The first kappa shape index (κ1) is 19.0. The first-order valence-corrected chi connectivity index (χ1v) is 8.66. The summed E-state index contributed by atoms with van der Waals surface area (Å²) in [5.74, 6) is -0.849. The summed E-state index contributed by atoms with van der Waals surface area (Å²) >= 11 is 0. The Morgan fingerprint density at radius 3 is 2.46 bits per heavy atom. The van der Waals surface area contributed by atoms with Crippen LogP contribution in [-0.2, 0) is 6.54 Å². The molecule has 0 fully saturated rings. The van der Waals surface area contributed by atoms with E-state index in [0.717, 1.165) is 15.9 Å². The van der Waals surface area contributed by atoms with Gasteiger partial charge in [0.25, 0.3) is 0 Å². The van der Waals surface area contributed by atoms with Gasteiger partial charge < -0.3 is 5.32 Å². The molecule has 142 valence electrons. The number of rotatable bonds is 6. The van der Waals surface area contributed by atoms with Crippen molar-refractivity contribution in [2.75, 3.05) is 7.05 Å². The summed E-state index contributed by atoms with van der Waals surface area (Å²) in [6, 6.07) is 16.2. The Bertz CT molecular complexity index is 1080. The fraction of sp³-hybridized carbons (Fsp3) is 0.150. The van der Waals surface area contributed by atoms with Crippen LogP contribution in [-0.4, -0.2) is 35.0 Å². The highest BCUT2D eigenvalue weighted by Gasteiger charge is 2.29. The van der Waals surface area contributed by atoms with Gasteiger partial charge in [-0.1, -0.05) is 70.5 Å². The Labute approximate surface area is 161 Å². The van der Waals surface area contributed by atoms with Crippen LogP contribution >= 0.6 is 0 Å². The van der Waals surface area contributed by atoms with Crippen molar-refractivity contribution in [3.63, 3.8) is 0 Å². The fourth-order valence-electron chi connectivity index (χ4n) is 2.59. The van der Waals surface area contributed by atoms with E-state index in [1.165, 1.54) is 17.9 Å². The molecule has 8 nitrogen and oxygen atoms in total. The SMILES string of the molecule is CNC(=O)c1c(=O)n(/N=C\c2ccc(C)cc2)[nH][n+]1CC(=O)c1ccccc1. The van der Waals surface area contributed by atoms with Gasteiger partial charge in [-0.25, -0.2) is 4.79 Å². The third-order valence-electron chi connectivity index (χ3n) is 4.12. The van der Waals surface area contributed by atoms with Crippen molar-refractivity contribution in [2.24, 2.45) is 5.10 Å². The number of hydrogen-bond acceptors (Lipinski definition) is 4. The third kappa shape index (κ3) is 4.12. The lowest BCUT2D eigenvalue weighted by atomic mass is 10.1. The summed E-state index contributed by atoms with van der Waals surface area (Å²) in [5, 5.41) is 9.20. The molecule has 0 spiro atoms. The Balaban J connectivity index is 1.94. The zero-order valence-electron chi connectivity index (χ0n) is 15.5. The number of aromatic amines is 1. The minimum absolute atomic E-state index is 0.199. The average Bonchev–Trinajstić information content (AvgIpc) is 3.02. The van der Waals surface area contributed by atoms with Gasteiger partial charge >= 0.3 is 17.2 Å². The Kier molecular flexibility index (Phi) is 5.59. The van der Waals surface area contributed by atoms with Crippen molar-refractivity contribution >= 4 is 17.9 Å². The fourth-order valence-corrected chi connectivity index (χ4v) is 2.59. The van der Waals surface area contributed by atoms with Gasteiger partial charge in [-0.2, -0.15) is 0 Å². The van der Waals surface area contributed by atoms with Crippen LogP contribution in [0.25, 0.3) is 0 Å². The second kappa shape index (κ2) is 8.26. The highest BCUT2D eigenvalue weighted by molar-refractivity contribution is 5.95. The maximum Gasteiger partial charge on any atom is 0.432 e. The van der Waals surface area contributed by atoms with Crippen molar-refractivity contribution in [2.45, 2.75) is 13.5 Å². The summed E-state index contributed by atoms with van der Waals surface area (Å²) < 4.78 is 1.20. The molecule has 0 unspecified atom stereocenters. The number of Topliss-reactive ketones (excluding diaryl/α,β-unsaturated/α-hetero) is 1. The van der Waals surface area contributed by atoms with Crippen molar-refractivity contribution in [1.82, 2.24) is 15.3 Å². The molecular weight excluding hydrogens is 358 g/mol. The molecule has 0 saturated carbocycles. The van der Waals surface area contributed by atoms with E-state index in [1.54, 1.807) is 30.3 Å². The van der Waals surface area contributed by atoms with E-state index in [9.17, 15) is 14.4 Å². The third-order valence-corrected chi connectivity index (χ3v) is 4.12. The Morgan fingerprint density at radius 1 is 1.14 bits per heavy atom. The van der Waals surface area contributed by atoms with Crippen molar-refractivity contribution in [3.05, 3.63) is 87.3 Å². The van der Waals surface area contributed by atoms with E-state index in [-0.39, 0.29) is 18.0 Å². The normalized spacial score (nSPS) is 10.9. The van der Waals surface area contributed by atoms with Crippen LogP contribution in [0.5, 0.6) is 0 Å². The smallest absolute Gasteiger partial charge is 0.352 e. The molecular formula is C20H20N5O3+. The van der Waals surface area contributed by atoms with E-state index in [4.69, 9.17) is 0 Å². The van der Waals surface area contributed by atoms with E-state index in [2.05, 4.69) is 15.6 Å². The number of benzene rings is 2. The number of H-pyrrole nitrogens is 1. The lowest BCUT2D eigenvalue weighted by molar-refractivity contribution is -0.744. The van der Waals surface area contributed by atoms with E-state index in [1.807, 2.05) is 31.2 Å². The highest BCUT2D eigenvalue weighted by atomic mass is 16.2. The molecule has 0 aliphatic rings. The molecule has 1 aromatic heterocycles. The zero-order valence-corrected chi connectivity index (χ0v) is 15.5. The maximum atomic E-state index is 12.6. The molecule has 2 aromatic carbocycles. The second-order valence-corrected chi connectivity index (χ2v) is 6.18. The first-order valence-electron chi connectivity index (χ1n) is 8.66. The average molecular weight is 378 g/mol.